The Hall–Kier alpha value is -3.16. The smallest absolute Gasteiger partial charge is 0.243 e. The fourth-order valence-corrected chi connectivity index (χ4v) is 3.67. The van der Waals surface area contributed by atoms with Crippen molar-refractivity contribution >= 4 is 21.6 Å². The van der Waals surface area contributed by atoms with Gasteiger partial charge in [0.1, 0.15) is 11.5 Å². The third-order valence-electron chi connectivity index (χ3n) is 3.91. The maximum atomic E-state index is 12.5. The van der Waals surface area contributed by atoms with E-state index in [1.165, 1.54) is 19.2 Å². The van der Waals surface area contributed by atoms with Crippen LogP contribution in [0, 0.1) is 0 Å². The molecule has 0 aliphatic carbocycles. The molecule has 0 radical (unpaired) electrons. The number of benzene rings is 3. The summed E-state index contributed by atoms with van der Waals surface area (Å²) in [5.41, 5.74) is 0.518. The van der Waals surface area contributed by atoms with E-state index in [1.807, 2.05) is 30.3 Å². The van der Waals surface area contributed by atoms with Gasteiger partial charge in [-0.1, -0.05) is 42.5 Å². The fraction of sp³-hybridized carbons (Fsp3) is 0.0952. The number of sulfonamides is 1. The molecule has 0 bridgehead atoms. The van der Waals surface area contributed by atoms with Crippen LogP contribution >= 0.6 is 0 Å². The first-order valence-corrected chi connectivity index (χ1v) is 10.0. The molecule has 6 nitrogen and oxygen atoms in total. The Bertz CT molecular complexity index is 1040. The predicted octanol–water partition coefficient (Wildman–Crippen LogP) is 3.74. The van der Waals surface area contributed by atoms with Gasteiger partial charge in [0.2, 0.25) is 15.9 Å². The zero-order chi connectivity index (χ0) is 20.0. The summed E-state index contributed by atoms with van der Waals surface area (Å²) >= 11 is 0. The Morgan fingerprint density at radius 1 is 0.893 bits per heavy atom. The number of carbonyl (C=O) groups excluding carboxylic acids is 1. The van der Waals surface area contributed by atoms with Crippen LogP contribution in [0.3, 0.4) is 0 Å². The third-order valence-corrected chi connectivity index (χ3v) is 5.73. The molecule has 0 aromatic heterocycles. The van der Waals surface area contributed by atoms with Crippen molar-refractivity contribution in [2.75, 3.05) is 18.9 Å². The number of para-hydroxylation sites is 1. The Kier molecular flexibility index (Phi) is 6.08. The van der Waals surface area contributed by atoms with E-state index in [2.05, 4.69) is 5.32 Å². The second-order valence-corrected chi connectivity index (χ2v) is 8.11. The average Bonchev–Trinajstić information content (AvgIpc) is 2.69. The van der Waals surface area contributed by atoms with E-state index in [-0.39, 0.29) is 11.4 Å². The van der Waals surface area contributed by atoms with E-state index >= 15 is 0 Å². The van der Waals surface area contributed by atoms with Crippen LogP contribution in [0.25, 0.3) is 0 Å². The third kappa shape index (κ3) is 4.97. The normalized spacial score (nSPS) is 11.2. The van der Waals surface area contributed by atoms with Gasteiger partial charge in [-0.05, 0) is 36.4 Å². The van der Waals surface area contributed by atoms with Crippen LogP contribution in [0.4, 0.5) is 5.69 Å². The lowest BCUT2D eigenvalue weighted by Crippen LogP contribution is -2.34. The van der Waals surface area contributed by atoms with Gasteiger partial charge in [-0.25, -0.2) is 8.42 Å². The van der Waals surface area contributed by atoms with Gasteiger partial charge in [0.05, 0.1) is 11.4 Å². The molecule has 0 spiro atoms. The molecule has 0 fully saturated rings. The maximum Gasteiger partial charge on any atom is 0.243 e. The number of hydrogen-bond donors (Lipinski definition) is 1. The Labute approximate surface area is 164 Å². The van der Waals surface area contributed by atoms with E-state index in [0.29, 0.717) is 17.2 Å². The van der Waals surface area contributed by atoms with Gasteiger partial charge in [0.25, 0.3) is 0 Å². The Balaban J connectivity index is 1.64. The predicted molar refractivity (Wildman–Crippen MR) is 108 cm³/mol. The van der Waals surface area contributed by atoms with Crippen molar-refractivity contribution in [2.45, 2.75) is 4.90 Å². The highest BCUT2D eigenvalue weighted by molar-refractivity contribution is 7.89. The second-order valence-electron chi connectivity index (χ2n) is 6.07. The number of likely N-dealkylation sites (N-methyl/N-ethyl adjacent to an activating group) is 1. The molecule has 1 N–H and O–H groups in total. The summed E-state index contributed by atoms with van der Waals surface area (Å²) in [4.78, 5) is 12.5. The lowest BCUT2D eigenvalue weighted by Gasteiger charge is -2.17. The van der Waals surface area contributed by atoms with Crippen LogP contribution in [-0.2, 0) is 14.8 Å². The topological polar surface area (TPSA) is 75.7 Å². The van der Waals surface area contributed by atoms with Crippen LogP contribution in [0.15, 0.2) is 89.8 Å². The van der Waals surface area contributed by atoms with E-state index in [4.69, 9.17) is 4.74 Å². The molecule has 0 unspecified atom stereocenters. The van der Waals surface area contributed by atoms with Crippen molar-refractivity contribution in [3.63, 3.8) is 0 Å². The van der Waals surface area contributed by atoms with Crippen molar-refractivity contribution in [1.82, 2.24) is 4.31 Å². The van der Waals surface area contributed by atoms with Gasteiger partial charge in [0, 0.05) is 18.8 Å². The number of amides is 1. The minimum Gasteiger partial charge on any atom is -0.457 e. The highest BCUT2D eigenvalue weighted by Gasteiger charge is 2.22. The molecule has 0 heterocycles. The molecule has 0 aliphatic heterocycles. The first-order chi connectivity index (χ1) is 13.4. The van der Waals surface area contributed by atoms with Crippen molar-refractivity contribution < 1.29 is 17.9 Å². The number of ether oxygens (including phenoxy) is 1. The Morgan fingerprint density at radius 2 is 1.50 bits per heavy atom. The number of hydrogen-bond acceptors (Lipinski definition) is 4. The average molecular weight is 396 g/mol. The molecular formula is C21H20N2O4S. The van der Waals surface area contributed by atoms with E-state index in [0.717, 1.165) is 4.31 Å². The van der Waals surface area contributed by atoms with Gasteiger partial charge in [0.15, 0.2) is 0 Å². The summed E-state index contributed by atoms with van der Waals surface area (Å²) in [5, 5.41) is 2.70. The lowest BCUT2D eigenvalue weighted by molar-refractivity contribution is -0.116. The van der Waals surface area contributed by atoms with Crippen molar-refractivity contribution in [3.8, 4) is 11.5 Å². The van der Waals surface area contributed by atoms with Crippen LogP contribution in [-0.4, -0.2) is 32.2 Å². The van der Waals surface area contributed by atoms with Crippen LogP contribution in [0.2, 0.25) is 0 Å². The van der Waals surface area contributed by atoms with Gasteiger partial charge >= 0.3 is 0 Å². The lowest BCUT2D eigenvalue weighted by atomic mass is 10.3. The SMILES string of the molecule is CN(CC(=O)Nc1cccc(Oc2ccccc2)c1)S(=O)(=O)c1ccccc1. The van der Waals surface area contributed by atoms with E-state index < -0.39 is 15.9 Å². The van der Waals surface area contributed by atoms with E-state index in [1.54, 1.807) is 42.5 Å². The molecule has 0 saturated carbocycles. The summed E-state index contributed by atoms with van der Waals surface area (Å²) in [7, 11) is -2.36. The first kappa shape index (κ1) is 19.6. The minimum absolute atomic E-state index is 0.142. The molecule has 1 amide bonds. The monoisotopic (exact) mass is 396 g/mol. The highest BCUT2D eigenvalue weighted by Crippen LogP contribution is 2.24. The van der Waals surface area contributed by atoms with E-state index in [9.17, 15) is 13.2 Å². The molecule has 7 heteroatoms. The number of rotatable bonds is 7. The number of anilines is 1. The molecule has 144 valence electrons. The van der Waals surface area contributed by atoms with Gasteiger partial charge in [-0.15, -0.1) is 0 Å². The van der Waals surface area contributed by atoms with Crippen molar-refractivity contribution in [3.05, 3.63) is 84.9 Å². The molecular weight excluding hydrogens is 376 g/mol. The van der Waals surface area contributed by atoms with Crippen LogP contribution in [0.1, 0.15) is 0 Å². The molecule has 0 saturated heterocycles. The highest BCUT2D eigenvalue weighted by atomic mass is 32.2. The maximum absolute atomic E-state index is 12.5. The van der Waals surface area contributed by atoms with Crippen molar-refractivity contribution in [1.29, 1.82) is 0 Å². The summed E-state index contributed by atoms with van der Waals surface area (Å²) in [6, 6.07) is 24.2. The number of nitrogens with zero attached hydrogens (tertiary/aromatic N) is 1. The standard InChI is InChI=1S/C21H20N2O4S/c1-23(28(25,26)20-13-6-3-7-14-20)16-21(24)22-17-9-8-12-19(15-17)27-18-10-4-2-5-11-18/h2-15H,16H2,1H3,(H,22,24). The minimum atomic E-state index is -3.73. The quantitative estimate of drug-likeness (QED) is 0.660. The molecule has 0 aliphatic rings. The van der Waals surface area contributed by atoms with Gasteiger partial charge in [-0.2, -0.15) is 4.31 Å². The number of nitrogens with one attached hydrogen (secondary N) is 1. The molecule has 3 aromatic rings. The second kappa shape index (κ2) is 8.69. The summed E-state index contributed by atoms with van der Waals surface area (Å²) in [6.07, 6.45) is 0. The zero-order valence-corrected chi connectivity index (χ0v) is 16.1. The summed E-state index contributed by atoms with van der Waals surface area (Å²) in [6.45, 7) is -0.305. The van der Waals surface area contributed by atoms with Crippen molar-refractivity contribution in [2.24, 2.45) is 0 Å². The zero-order valence-electron chi connectivity index (χ0n) is 15.3. The summed E-state index contributed by atoms with van der Waals surface area (Å²) < 4.78 is 31.8. The molecule has 28 heavy (non-hydrogen) atoms. The number of carbonyl (C=O) groups is 1. The molecule has 3 aromatic carbocycles. The largest absolute Gasteiger partial charge is 0.457 e. The van der Waals surface area contributed by atoms with Gasteiger partial charge in [-0.3, -0.25) is 4.79 Å². The molecule has 3 rings (SSSR count). The van der Waals surface area contributed by atoms with Gasteiger partial charge < -0.3 is 10.1 Å². The summed E-state index contributed by atoms with van der Waals surface area (Å²) in [5.74, 6) is 0.799. The van der Waals surface area contributed by atoms with Crippen LogP contribution < -0.4 is 10.1 Å². The fourth-order valence-electron chi connectivity index (χ4n) is 2.52. The first-order valence-electron chi connectivity index (χ1n) is 8.59. The molecule has 0 atom stereocenters. The Morgan fingerprint density at radius 3 is 2.18 bits per heavy atom. The van der Waals surface area contributed by atoms with Crippen LogP contribution in [0.5, 0.6) is 11.5 Å².